The van der Waals surface area contributed by atoms with E-state index in [1.165, 1.54) is 0 Å². The van der Waals surface area contributed by atoms with Crippen molar-refractivity contribution in [3.05, 3.63) is 23.4 Å². The van der Waals surface area contributed by atoms with Gasteiger partial charge in [-0.15, -0.1) is 0 Å². The first-order chi connectivity index (χ1) is 9.58. The quantitative estimate of drug-likeness (QED) is 0.839. The van der Waals surface area contributed by atoms with Gasteiger partial charge in [0, 0.05) is 37.9 Å². The van der Waals surface area contributed by atoms with Crippen molar-refractivity contribution in [2.24, 2.45) is 0 Å². The summed E-state index contributed by atoms with van der Waals surface area (Å²) in [5, 5.41) is 5.87. The number of carbonyl (C=O) groups is 1. The predicted molar refractivity (Wildman–Crippen MR) is 78.1 cm³/mol. The number of pyridine rings is 1. The molecule has 0 saturated carbocycles. The van der Waals surface area contributed by atoms with E-state index < -0.39 is 0 Å². The first-order valence-corrected chi connectivity index (χ1v) is 6.83. The number of morpholine rings is 1. The van der Waals surface area contributed by atoms with Gasteiger partial charge >= 0.3 is 0 Å². The van der Waals surface area contributed by atoms with E-state index in [2.05, 4.69) is 27.6 Å². The number of hydrogen-bond acceptors (Lipinski definition) is 5. The van der Waals surface area contributed by atoms with Crippen LogP contribution in [0.15, 0.2) is 12.1 Å². The maximum atomic E-state index is 12.2. The summed E-state index contributed by atoms with van der Waals surface area (Å²) in [6, 6.07) is 3.53. The number of aromatic nitrogens is 1. The predicted octanol–water partition coefficient (Wildman–Crippen LogP) is 0.492. The van der Waals surface area contributed by atoms with Crippen LogP contribution in [0, 0.1) is 6.92 Å². The number of amides is 1. The number of nitrogens with zero attached hydrogens (tertiary/aromatic N) is 2. The van der Waals surface area contributed by atoms with Gasteiger partial charge in [0.25, 0.3) is 5.91 Å². The van der Waals surface area contributed by atoms with Gasteiger partial charge in [-0.25, -0.2) is 4.98 Å². The average molecular weight is 278 g/mol. The van der Waals surface area contributed by atoms with Gasteiger partial charge in [-0.2, -0.15) is 0 Å². The van der Waals surface area contributed by atoms with Crippen LogP contribution < -0.4 is 10.6 Å². The Kier molecular flexibility index (Phi) is 4.92. The SMILES string of the molecule is CNc1cc(C(=O)NCC2CN(C)CCO2)cc(C)n1. The Hall–Kier alpha value is -1.66. The Morgan fingerprint density at radius 3 is 3.05 bits per heavy atom. The van der Waals surface area contributed by atoms with Crippen LogP contribution in [0.3, 0.4) is 0 Å². The molecule has 1 aromatic rings. The maximum Gasteiger partial charge on any atom is 0.251 e. The van der Waals surface area contributed by atoms with Crippen molar-refractivity contribution in [1.82, 2.24) is 15.2 Å². The van der Waals surface area contributed by atoms with Crippen LogP contribution in [-0.4, -0.2) is 62.2 Å². The molecule has 0 radical (unpaired) electrons. The normalized spacial score (nSPS) is 19.6. The number of hydrogen-bond donors (Lipinski definition) is 2. The molecule has 6 nitrogen and oxygen atoms in total. The number of nitrogens with one attached hydrogen (secondary N) is 2. The molecule has 20 heavy (non-hydrogen) atoms. The fourth-order valence-electron chi connectivity index (χ4n) is 2.23. The zero-order valence-electron chi connectivity index (χ0n) is 12.3. The van der Waals surface area contributed by atoms with Crippen LogP contribution in [0.5, 0.6) is 0 Å². The minimum Gasteiger partial charge on any atom is -0.374 e. The lowest BCUT2D eigenvalue weighted by Gasteiger charge is -2.30. The molecule has 2 rings (SSSR count). The second-order valence-corrected chi connectivity index (χ2v) is 5.10. The van der Waals surface area contributed by atoms with E-state index in [-0.39, 0.29) is 12.0 Å². The van der Waals surface area contributed by atoms with Gasteiger partial charge in [-0.1, -0.05) is 0 Å². The van der Waals surface area contributed by atoms with Gasteiger partial charge < -0.3 is 20.3 Å². The highest BCUT2D eigenvalue weighted by molar-refractivity contribution is 5.95. The summed E-state index contributed by atoms with van der Waals surface area (Å²) in [6.45, 7) is 4.91. The third-order valence-electron chi connectivity index (χ3n) is 3.30. The Bertz CT molecular complexity index is 478. The van der Waals surface area contributed by atoms with Crippen molar-refractivity contribution in [1.29, 1.82) is 0 Å². The van der Waals surface area contributed by atoms with Crippen LogP contribution in [-0.2, 0) is 4.74 Å². The second-order valence-electron chi connectivity index (χ2n) is 5.10. The van der Waals surface area contributed by atoms with E-state index >= 15 is 0 Å². The summed E-state index contributed by atoms with van der Waals surface area (Å²) in [6.07, 6.45) is 0.0596. The lowest BCUT2D eigenvalue weighted by atomic mass is 10.2. The number of anilines is 1. The minimum absolute atomic E-state index is 0.0596. The topological polar surface area (TPSA) is 66.5 Å². The molecule has 110 valence electrons. The second kappa shape index (κ2) is 6.67. The Morgan fingerprint density at radius 1 is 1.55 bits per heavy atom. The van der Waals surface area contributed by atoms with Gasteiger partial charge in [-0.05, 0) is 26.1 Å². The summed E-state index contributed by atoms with van der Waals surface area (Å²) in [4.78, 5) is 18.6. The van der Waals surface area contributed by atoms with E-state index in [1.54, 1.807) is 19.2 Å². The highest BCUT2D eigenvalue weighted by Gasteiger charge is 2.18. The molecule has 1 amide bonds. The molecule has 0 aliphatic carbocycles. The molecule has 1 saturated heterocycles. The molecule has 2 N–H and O–H groups in total. The fourth-order valence-corrected chi connectivity index (χ4v) is 2.23. The van der Waals surface area contributed by atoms with Gasteiger partial charge in [0.15, 0.2) is 0 Å². The summed E-state index contributed by atoms with van der Waals surface area (Å²) in [7, 11) is 3.85. The Labute approximate surface area is 119 Å². The zero-order valence-corrected chi connectivity index (χ0v) is 12.3. The van der Waals surface area contributed by atoms with Crippen molar-refractivity contribution in [3.8, 4) is 0 Å². The number of rotatable bonds is 4. The molecule has 1 aliphatic heterocycles. The van der Waals surface area contributed by atoms with Crippen LogP contribution in [0.1, 0.15) is 16.1 Å². The summed E-state index contributed by atoms with van der Waals surface area (Å²) in [5.41, 5.74) is 1.43. The molecular weight excluding hydrogens is 256 g/mol. The highest BCUT2D eigenvalue weighted by atomic mass is 16.5. The molecule has 0 spiro atoms. The number of likely N-dealkylation sites (N-methyl/N-ethyl adjacent to an activating group) is 1. The van der Waals surface area contributed by atoms with Crippen molar-refractivity contribution in [2.45, 2.75) is 13.0 Å². The lowest BCUT2D eigenvalue weighted by Crippen LogP contribution is -2.45. The highest BCUT2D eigenvalue weighted by Crippen LogP contribution is 2.10. The zero-order chi connectivity index (χ0) is 14.5. The lowest BCUT2D eigenvalue weighted by molar-refractivity contribution is -0.0175. The molecule has 1 aliphatic rings. The summed E-state index contributed by atoms with van der Waals surface area (Å²) >= 11 is 0. The fraction of sp³-hybridized carbons (Fsp3) is 0.571. The molecule has 1 aromatic heterocycles. The van der Waals surface area contributed by atoms with Crippen molar-refractivity contribution in [3.63, 3.8) is 0 Å². The van der Waals surface area contributed by atoms with Gasteiger partial charge in [0.1, 0.15) is 5.82 Å². The van der Waals surface area contributed by atoms with Crippen LogP contribution >= 0.6 is 0 Å². The van der Waals surface area contributed by atoms with Gasteiger partial charge in [-0.3, -0.25) is 4.79 Å². The minimum atomic E-state index is -0.0937. The van der Waals surface area contributed by atoms with Crippen LogP contribution in [0.25, 0.3) is 0 Å². The Balaban J connectivity index is 1.93. The van der Waals surface area contributed by atoms with Crippen molar-refractivity contribution in [2.75, 3.05) is 45.7 Å². The monoisotopic (exact) mass is 278 g/mol. The molecule has 1 unspecified atom stereocenters. The third-order valence-corrected chi connectivity index (χ3v) is 3.30. The largest absolute Gasteiger partial charge is 0.374 e. The number of carbonyl (C=O) groups excluding carboxylic acids is 1. The molecule has 1 fully saturated rings. The Morgan fingerprint density at radius 2 is 2.35 bits per heavy atom. The van der Waals surface area contributed by atoms with E-state index in [4.69, 9.17) is 4.74 Å². The summed E-state index contributed by atoms with van der Waals surface area (Å²) in [5.74, 6) is 0.604. The number of ether oxygens (including phenoxy) is 1. The van der Waals surface area contributed by atoms with Gasteiger partial charge in [0.2, 0.25) is 0 Å². The van der Waals surface area contributed by atoms with E-state index in [0.717, 1.165) is 25.4 Å². The first-order valence-electron chi connectivity index (χ1n) is 6.83. The van der Waals surface area contributed by atoms with Crippen LogP contribution in [0.2, 0.25) is 0 Å². The third kappa shape index (κ3) is 3.91. The maximum absolute atomic E-state index is 12.2. The molecule has 0 bridgehead atoms. The average Bonchev–Trinajstić information content (AvgIpc) is 2.44. The molecule has 2 heterocycles. The first kappa shape index (κ1) is 14.7. The molecule has 6 heteroatoms. The van der Waals surface area contributed by atoms with E-state index in [9.17, 15) is 4.79 Å². The smallest absolute Gasteiger partial charge is 0.251 e. The molecular formula is C14H22N4O2. The van der Waals surface area contributed by atoms with Gasteiger partial charge in [0.05, 0.1) is 12.7 Å². The summed E-state index contributed by atoms with van der Waals surface area (Å²) < 4.78 is 5.62. The van der Waals surface area contributed by atoms with Crippen molar-refractivity contribution < 1.29 is 9.53 Å². The van der Waals surface area contributed by atoms with E-state index in [1.807, 2.05) is 6.92 Å². The van der Waals surface area contributed by atoms with Crippen molar-refractivity contribution >= 4 is 11.7 Å². The van der Waals surface area contributed by atoms with E-state index in [0.29, 0.717) is 17.9 Å². The number of aryl methyl sites for hydroxylation is 1. The molecule has 0 aromatic carbocycles. The van der Waals surface area contributed by atoms with Crippen LogP contribution in [0.4, 0.5) is 5.82 Å². The standard InChI is InChI=1S/C14H22N4O2/c1-10-6-11(7-13(15-2)17-10)14(19)16-8-12-9-18(3)4-5-20-12/h6-7,12H,4-5,8-9H2,1-3H3,(H,15,17)(H,16,19). The molecule has 1 atom stereocenters.